The lowest BCUT2D eigenvalue weighted by Gasteiger charge is -2.15. The van der Waals surface area contributed by atoms with Gasteiger partial charge in [-0.1, -0.05) is 42.5 Å². The van der Waals surface area contributed by atoms with Crippen LogP contribution >= 0.6 is 0 Å². The second kappa shape index (κ2) is 7.91. The van der Waals surface area contributed by atoms with Crippen LogP contribution in [0.3, 0.4) is 0 Å². The topological polar surface area (TPSA) is 64.7 Å². The smallest absolute Gasteiger partial charge is 0.243 e. The van der Waals surface area contributed by atoms with E-state index in [1.165, 1.54) is 5.56 Å². The van der Waals surface area contributed by atoms with Gasteiger partial charge in [-0.15, -0.1) is 0 Å². The van der Waals surface area contributed by atoms with Crippen LogP contribution < -0.4 is 5.32 Å². The van der Waals surface area contributed by atoms with E-state index in [-0.39, 0.29) is 11.9 Å². The Kier molecular flexibility index (Phi) is 5.16. The Hall–Kier alpha value is -3.41. The van der Waals surface area contributed by atoms with Crippen LogP contribution in [0.25, 0.3) is 11.0 Å². The second-order valence-electron chi connectivity index (χ2n) is 7.33. The van der Waals surface area contributed by atoms with Gasteiger partial charge in [-0.3, -0.25) is 9.48 Å². The number of para-hydroxylation sites is 2. The normalized spacial score (nSPS) is 12.2. The standard InChI is InChI=1S/C23H25N5O/c1-16-20(17(2)28(26-16)14-19-9-5-4-6-10-19)13-24-23(29)18(3)27-15-25-21-11-7-8-12-22(21)27/h4-12,15,18H,13-14H2,1-3H3,(H,24,29). The quantitative estimate of drug-likeness (QED) is 0.548. The average molecular weight is 387 g/mol. The fraction of sp³-hybridized carbons (Fsp3) is 0.261. The summed E-state index contributed by atoms with van der Waals surface area (Å²) in [6.07, 6.45) is 1.73. The van der Waals surface area contributed by atoms with Crippen molar-refractivity contribution in [3.05, 3.63) is 83.4 Å². The van der Waals surface area contributed by atoms with Gasteiger partial charge in [0.25, 0.3) is 0 Å². The molecule has 1 N–H and O–H groups in total. The van der Waals surface area contributed by atoms with Gasteiger partial charge in [0.1, 0.15) is 6.04 Å². The van der Waals surface area contributed by atoms with E-state index in [9.17, 15) is 4.79 Å². The fourth-order valence-electron chi connectivity index (χ4n) is 3.64. The Balaban J connectivity index is 1.46. The lowest BCUT2D eigenvalue weighted by Crippen LogP contribution is -2.30. The zero-order valence-corrected chi connectivity index (χ0v) is 17.0. The summed E-state index contributed by atoms with van der Waals surface area (Å²) in [5.74, 6) is -0.0391. The molecule has 0 saturated carbocycles. The monoisotopic (exact) mass is 387 g/mol. The molecule has 2 aromatic heterocycles. The van der Waals surface area contributed by atoms with Gasteiger partial charge >= 0.3 is 0 Å². The van der Waals surface area contributed by atoms with E-state index < -0.39 is 0 Å². The highest BCUT2D eigenvalue weighted by atomic mass is 16.2. The molecule has 29 heavy (non-hydrogen) atoms. The fourth-order valence-corrected chi connectivity index (χ4v) is 3.64. The van der Waals surface area contributed by atoms with Crippen LogP contribution in [-0.4, -0.2) is 25.2 Å². The van der Waals surface area contributed by atoms with Gasteiger partial charge in [-0.2, -0.15) is 5.10 Å². The molecule has 0 aliphatic heterocycles. The van der Waals surface area contributed by atoms with Gasteiger partial charge in [0, 0.05) is 17.8 Å². The van der Waals surface area contributed by atoms with E-state index in [1.54, 1.807) is 6.33 Å². The molecule has 0 radical (unpaired) electrons. The van der Waals surface area contributed by atoms with E-state index in [0.29, 0.717) is 6.54 Å². The van der Waals surface area contributed by atoms with Crippen LogP contribution in [0.2, 0.25) is 0 Å². The Morgan fingerprint density at radius 1 is 1.07 bits per heavy atom. The molecule has 2 heterocycles. The summed E-state index contributed by atoms with van der Waals surface area (Å²) in [6, 6.07) is 17.7. The molecule has 0 aliphatic carbocycles. The molecule has 2 aromatic carbocycles. The Morgan fingerprint density at radius 3 is 2.59 bits per heavy atom. The summed E-state index contributed by atoms with van der Waals surface area (Å²) in [5.41, 5.74) is 6.14. The van der Waals surface area contributed by atoms with Crippen LogP contribution in [0.15, 0.2) is 60.9 Å². The zero-order chi connectivity index (χ0) is 20.4. The number of aryl methyl sites for hydroxylation is 1. The molecular formula is C23H25N5O. The SMILES string of the molecule is Cc1nn(Cc2ccccc2)c(C)c1CNC(=O)C(C)n1cnc2ccccc21. The highest BCUT2D eigenvalue weighted by Crippen LogP contribution is 2.18. The number of nitrogens with zero attached hydrogens (tertiary/aromatic N) is 4. The molecule has 0 bridgehead atoms. The number of hydrogen-bond donors (Lipinski definition) is 1. The molecule has 1 amide bonds. The molecule has 148 valence electrons. The Labute approximate surface area is 170 Å². The van der Waals surface area contributed by atoms with Crippen molar-refractivity contribution in [3.8, 4) is 0 Å². The van der Waals surface area contributed by atoms with Gasteiger partial charge in [0.15, 0.2) is 0 Å². The molecular weight excluding hydrogens is 362 g/mol. The maximum Gasteiger partial charge on any atom is 0.243 e. The molecule has 0 spiro atoms. The zero-order valence-electron chi connectivity index (χ0n) is 17.0. The van der Waals surface area contributed by atoms with Gasteiger partial charge in [0.05, 0.1) is 29.6 Å². The summed E-state index contributed by atoms with van der Waals surface area (Å²) in [7, 11) is 0. The van der Waals surface area contributed by atoms with Crippen LogP contribution in [0.1, 0.15) is 35.5 Å². The third-order valence-electron chi connectivity index (χ3n) is 5.42. The van der Waals surface area contributed by atoms with Crippen molar-refractivity contribution in [3.63, 3.8) is 0 Å². The van der Waals surface area contributed by atoms with Gasteiger partial charge in [-0.25, -0.2) is 4.98 Å². The number of benzene rings is 2. The Bertz CT molecular complexity index is 1140. The lowest BCUT2D eigenvalue weighted by molar-refractivity contribution is -0.123. The number of hydrogen-bond acceptors (Lipinski definition) is 3. The van der Waals surface area contributed by atoms with Crippen LogP contribution in [0.5, 0.6) is 0 Å². The third kappa shape index (κ3) is 3.78. The van der Waals surface area contributed by atoms with Crippen molar-refractivity contribution in [1.82, 2.24) is 24.6 Å². The predicted octanol–water partition coefficient (Wildman–Crippen LogP) is 3.78. The Morgan fingerprint density at radius 2 is 1.79 bits per heavy atom. The molecule has 1 unspecified atom stereocenters. The number of carbonyl (C=O) groups excluding carboxylic acids is 1. The summed E-state index contributed by atoms with van der Waals surface area (Å²) < 4.78 is 3.90. The number of carbonyl (C=O) groups is 1. The third-order valence-corrected chi connectivity index (χ3v) is 5.42. The number of rotatable bonds is 6. The minimum absolute atomic E-state index is 0.0391. The number of aromatic nitrogens is 4. The molecule has 0 fully saturated rings. The molecule has 6 nitrogen and oxygen atoms in total. The second-order valence-corrected chi connectivity index (χ2v) is 7.33. The van der Waals surface area contributed by atoms with E-state index in [1.807, 2.05) is 65.6 Å². The number of imidazole rings is 1. The maximum absolute atomic E-state index is 12.8. The van der Waals surface area contributed by atoms with Gasteiger partial charge in [-0.05, 0) is 38.5 Å². The summed E-state index contributed by atoms with van der Waals surface area (Å²) >= 11 is 0. The predicted molar refractivity (Wildman–Crippen MR) is 114 cm³/mol. The number of fused-ring (bicyclic) bond motifs is 1. The first-order valence-corrected chi connectivity index (χ1v) is 9.80. The van der Waals surface area contributed by atoms with Crippen LogP contribution in [0.4, 0.5) is 0 Å². The molecule has 4 rings (SSSR count). The van der Waals surface area contributed by atoms with Crippen molar-refractivity contribution in [2.45, 2.75) is 39.9 Å². The summed E-state index contributed by atoms with van der Waals surface area (Å²) in [5, 5.41) is 7.74. The first kappa shape index (κ1) is 18.9. The maximum atomic E-state index is 12.8. The molecule has 6 heteroatoms. The largest absolute Gasteiger partial charge is 0.350 e. The summed E-state index contributed by atoms with van der Waals surface area (Å²) in [6.45, 7) is 7.11. The van der Waals surface area contributed by atoms with Crippen molar-refractivity contribution < 1.29 is 4.79 Å². The van der Waals surface area contributed by atoms with Crippen molar-refractivity contribution >= 4 is 16.9 Å². The first-order valence-electron chi connectivity index (χ1n) is 9.80. The molecule has 0 saturated heterocycles. The minimum Gasteiger partial charge on any atom is -0.350 e. The highest BCUT2D eigenvalue weighted by Gasteiger charge is 2.19. The minimum atomic E-state index is -0.345. The van der Waals surface area contributed by atoms with E-state index in [2.05, 4.69) is 34.5 Å². The average Bonchev–Trinajstić information content (AvgIpc) is 3.28. The summed E-state index contributed by atoms with van der Waals surface area (Å²) in [4.78, 5) is 17.2. The van der Waals surface area contributed by atoms with Crippen LogP contribution in [0, 0.1) is 13.8 Å². The first-order chi connectivity index (χ1) is 14.0. The molecule has 0 aliphatic rings. The van der Waals surface area contributed by atoms with Crippen molar-refractivity contribution in [1.29, 1.82) is 0 Å². The van der Waals surface area contributed by atoms with E-state index in [0.717, 1.165) is 34.5 Å². The van der Waals surface area contributed by atoms with E-state index in [4.69, 9.17) is 0 Å². The van der Waals surface area contributed by atoms with Crippen LogP contribution in [-0.2, 0) is 17.9 Å². The number of nitrogens with one attached hydrogen (secondary N) is 1. The lowest BCUT2D eigenvalue weighted by atomic mass is 10.2. The molecule has 1 atom stereocenters. The van der Waals surface area contributed by atoms with E-state index >= 15 is 0 Å². The van der Waals surface area contributed by atoms with Crippen molar-refractivity contribution in [2.24, 2.45) is 0 Å². The van der Waals surface area contributed by atoms with Gasteiger partial charge in [0.2, 0.25) is 5.91 Å². The highest BCUT2D eigenvalue weighted by molar-refractivity contribution is 5.83. The molecule has 4 aromatic rings. The number of amides is 1. The van der Waals surface area contributed by atoms with Crippen molar-refractivity contribution in [2.75, 3.05) is 0 Å². The van der Waals surface area contributed by atoms with Gasteiger partial charge < -0.3 is 9.88 Å².